The maximum absolute atomic E-state index is 5.51. The van der Waals surface area contributed by atoms with Crippen LogP contribution in [0.1, 0.15) is 13.8 Å². The van der Waals surface area contributed by atoms with E-state index in [0.29, 0.717) is 25.9 Å². The van der Waals surface area contributed by atoms with E-state index in [2.05, 4.69) is 0 Å². The first-order valence-corrected chi connectivity index (χ1v) is 5.06. The van der Waals surface area contributed by atoms with E-state index in [0.717, 1.165) is 6.61 Å². The van der Waals surface area contributed by atoms with Crippen molar-refractivity contribution in [1.29, 1.82) is 0 Å². The van der Waals surface area contributed by atoms with Crippen LogP contribution in [0.25, 0.3) is 0 Å². The number of hydrogen-bond acceptors (Lipinski definition) is 4. The van der Waals surface area contributed by atoms with Gasteiger partial charge in [-0.3, -0.25) is 0 Å². The molecule has 4 heteroatoms. The van der Waals surface area contributed by atoms with Gasteiger partial charge in [-0.25, -0.2) is 0 Å². The summed E-state index contributed by atoms with van der Waals surface area (Å²) < 4.78 is 21.0. The molecule has 0 saturated carbocycles. The van der Waals surface area contributed by atoms with Crippen molar-refractivity contribution in [1.82, 2.24) is 0 Å². The maximum Gasteiger partial charge on any atom is 0.104 e. The lowest BCUT2D eigenvalue weighted by Gasteiger charge is -2.16. The summed E-state index contributed by atoms with van der Waals surface area (Å²) in [5, 5.41) is 0. The molecule has 0 bridgehead atoms. The summed E-state index contributed by atoms with van der Waals surface area (Å²) in [5.41, 5.74) is 0. The maximum atomic E-state index is 5.51. The van der Waals surface area contributed by atoms with Crippen molar-refractivity contribution < 1.29 is 18.9 Å². The number of epoxide rings is 1. The van der Waals surface area contributed by atoms with Crippen LogP contribution in [0.2, 0.25) is 0 Å². The molecule has 3 unspecified atom stereocenters. The Morgan fingerprint density at radius 3 is 2.43 bits per heavy atom. The minimum Gasteiger partial charge on any atom is -0.382 e. The molecule has 0 aromatic rings. The van der Waals surface area contributed by atoms with Crippen molar-refractivity contribution in [2.45, 2.75) is 32.2 Å². The van der Waals surface area contributed by atoms with Crippen LogP contribution in [-0.2, 0) is 18.9 Å². The summed E-state index contributed by atoms with van der Waals surface area (Å²) in [7, 11) is 1.67. The molecule has 14 heavy (non-hydrogen) atoms. The first-order chi connectivity index (χ1) is 6.72. The molecular weight excluding hydrogens is 184 g/mol. The van der Waals surface area contributed by atoms with Crippen LogP contribution in [0.15, 0.2) is 0 Å². The molecule has 0 amide bonds. The molecule has 84 valence electrons. The summed E-state index contributed by atoms with van der Waals surface area (Å²) in [6.07, 6.45) is 0.579. The van der Waals surface area contributed by atoms with Gasteiger partial charge in [0, 0.05) is 7.11 Å². The van der Waals surface area contributed by atoms with Gasteiger partial charge >= 0.3 is 0 Å². The summed E-state index contributed by atoms with van der Waals surface area (Å²) in [5.74, 6) is 0. The van der Waals surface area contributed by atoms with E-state index in [4.69, 9.17) is 18.9 Å². The third kappa shape index (κ3) is 5.54. The van der Waals surface area contributed by atoms with Gasteiger partial charge in [-0.1, -0.05) is 0 Å². The van der Waals surface area contributed by atoms with Gasteiger partial charge in [0.1, 0.15) is 6.10 Å². The zero-order valence-corrected chi connectivity index (χ0v) is 9.19. The quantitative estimate of drug-likeness (QED) is 0.549. The van der Waals surface area contributed by atoms with Crippen molar-refractivity contribution in [3.63, 3.8) is 0 Å². The minimum atomic E-state index is 0.124. The molecule has 0 radical (unpaired) electrons. The van der Waals surface area contributed by atoms with Gasteiger partial charge in [-0.05, 0) is 13.8 Å². The lowest BCUT2D eigenvalue weighted by Crippen LogP contribution is -2.24. The summed E-state index contributed by atoms with van der Waals surface area (Å²) in [6, 6.07) is 0. The molecule has 4 nitrogen and oxygen atoms in total. The molecule has 1 aliphatic rings. The van der Waals surface area contributed by atoms with Gasteiger partial charge in [-0.2, -0.15) is 0 Å². The van der Waals surface area contributed by atoms with Crippen LogP contribution in [0.4, 0.5) is 0 Å². The standard InChI is InChI=1S/C10H20O4/c1-8(4-11-3)12-5-9(2)13-6-10-7-14-10/h8-10H,4-7H2,1-3H3. The average molecular weight is 204 g/mol. The molecule has 1 saturated heterocycles. The van der Waals surface area contributed by atoms with E-state index < -0.39 is 0 Å². The van der Waals surface area contributed by atoms with E-state index in [9.17, 15) is 0 Å². The number of methoxy groups -OCH3 is 1. The molecule has 3 atom stereocenters. The van der Waals surface area contributed by atoms with Gasteiger partial charge in [0.25, 0.3) is 0 Å². The zero-order valence-electron chi connectivity index (χ0n) is 9.19. The number of ether oxygens (including phenoxy) is 4. The number of rotatable bonds is 8. The normalized spacial score (nSPS) is 24.6. The van der Waals surface area contributed by atoms with Crippen LogP contribution < -0.4 is 0 Å². The highest BCUT2D eigenvalue weighted by Gasteiger charge is 2.23. The Bertz CT molecular complexity index is 147. The highest BCUT2D eigenvalue weighted by molar-refractivity contribution is 4.68. The third-order valence-corrected chi connectivity index (χ3v) is 1.99. The monoisotopic (exact) mass is 204 g/mol. The average Bonchev–Trinajstić information content (AvgIpc) is 2.95. The van der Waals surface area contributed by atoms with Gasteiger partial charge < -0.3 is 18.9 Å². The van der Waals surface area contributed by atoms with Crippen LogP contribution in [-0.4, -0.2) is 51.8 Å². The van der Waals surface area contributed by atoms with Gasteiger partial charge in [-0.15, -0.1) is 0 Å². The first kappa shape index (κ1) is 11.9. The molecular formula is C10H20O4. The van der Waals surface area contributed by atoms with E-state index in [1.54, 1.807) is 7.11 Å². The molecule has 1 heterocycles. The Balaban J connectivity index is 1.92. The second-order valence-corrected chi connectivity index (χ2v) is 3.70. The smallest absolute Gasteiger partial charge is 0.104 e. The van der Waals surface area contributed by atoms with Gasteiger partial charge in [0.2, 0.25) is 0 Å². The fourth-order valence-corrected chi connectivity index (χ4v) is 1.07. The minimum absolute atomic E-state index is 0.124. The van der Waals surface area contributed by atoms with Crippen molar-refractivity contribution in [2.75, 3.05) is 33.5 Å². The van der Waals surface area contributed by atoms with E-state index >= 15 is 0 Å². The highest BCUT2D eigenvalue weighted by atomic mass is 16.6. The summed E-state index contributed by atoms with van der Waals surface area (Å²) in [4.78, 5) is 0. The Labute approximate surface area is 85.5 Å². The molecule has 0 aromatic heterocycles. The van der Waals surface area contributed by atoms with Crippen molar-refractivity contribution in [2.24, 2.45) is 0 Å². The van der Waals surface area contributed by atoms with Gasteiger partial charge in [0.05, 0.1) is 38.6 Å². The fraction of sp³-hybridized carbons (Fsp3) is 1.00. The van der Waals surface area contributed by atoms with Crippen molar-refractivity contribution in [3.8, 4) is 0 Å². The van der Waals surface area contributed by atoms with E-state index in [-0.39, 0.29) is 12.2 Å². The SMILES string of the molecule is COCC(C)OCC(C)OCC1CO1. The van der Waals surface area contributed by atoms with E-state index in [1.165, 1.54) is 0 Å². The predicted octanol–water partition coefficient (Wildman–Crippen LogP) is 0.842. The van der Waals surface area contributed by atoms with Crippen molar-refractivity contribution in [3.05, 3.63) is 0 Å². The van der Waals surface area contributed by atoms with Crippen LogP contribution >= 0.6 is 0 Å². The molecule has 1 rings (SSSR count). The third-order valence-electron chi connectivity index (χ3n) is 1.99. The van der Waals surface area contributed by atoms with Crippen LogP contribution in [0.3, 0.4) is 0 Å². The van der Waals surface area contributed by atoms with Gasteiger partial charge in [0.15, 0.2) is 0 Å². The number of hydrogen-bond donors (Lipinski definition) is 0. The first-order valence-electron chi connectivity index (χ1n) is 5.06. The highest BCUT2D eigenvalue weighted by Crippen LogP contribution is 2.10. The van der Waals surface area contributed by atoms with Crippen molar-refractivity contribution >= 4 is 0 Å². The Morgan fingerprint density at radius 1 is 1.21 bits per heavy atom. The Morgan fingerprint density at radius 2 is 1.86 bits per heavy atom. The molecule has 1 fully saturated rings. The largest absolute Gasteiger partial charge is 0.382 e. The topological polar surface area (TPSA) is 40.2 Å². The summed E-state index contributed by atoms with van der Waals surface area (Å²) in [6.45, 7) is 6.74. The molecule has 0 aromatic carbocycles. The second-order valence-electron chi connectivity index (χ2n) is 3.70. The second kappa shape index (κ2) is 6.35. The molecule has 0 N–H and O–H groups in total. The fourth-order valence-electron chi connectivity index (χ4n) is 1.07. The molecule has 0 aliphatic carbocycles. The Kier molecular flexibility index (Phi) is 5.40. The molecule has 1 aliphatic heterocycles. The molecule has 0 spiro atoms. The van der Waals surface area contributed by atoms with E-state index in [1.807, 2.05) is 13.8 Å². The summed E-state index contributed by atoms with van der Waals surface area (Å²) >= 11 is 0. The Hall–Kier alpha value is -0.160. The van der Waals surface area contributed by atoms with Crippen LogP contribution in [0.5, 0.6) is 0 Å². The predicted molar refractivity (Wildman–Crippen MR) is 52.4 cm³/mol. The zero-order chi connectivity index (χ0) is 10.4. The lowest BCUT2D eigenvalue weighted by molar-refractivity contribution is -0.0532. The lowest BCUT2D eigenvalue weighted by atomic mass is 10.4. The van der Waals surface area contributed by atoms with Crippen LogP contribution in [0, 0.1) is 0 Å².